The van der Waals surface area contributed by atoms with E-state index in [1.54, 1.807) is 6.07 Å². The second-order valence-corrected chi connectivity index (χ2v) is 5.05. The van der Waals surface area contributed by atoms with E-state index in [0.717, 1.165) is 4.57 Å². The monoisotopic (exact) mass is 316 g/mol. The Kier molecular flexibility index (Phi) is 3.30. The zero-order chi connectivity index (χ0) is 15.9. The summed E-state index contributed by atoms with van der Waals surface area (Å²) in [5.41, 5.74) is -0.420. The minimum Gasteiger partial charge on any atom is -0.478 e. The molecule has 22 heavy (non-hydrogen) atoms. The molecular weight excluding hydrogens is 308 g/mol. The highest BCUT2D eigenvalue weighted by Crippen LogP contribution is 2.14. The molecule has 0 unspecified atom stereocenters. The Morgan fingerprint density at radius 2 is 1.77 bits per heavy atom. The Balaban J connectivity index is 2.27. The van der Waals surface area contributed by atoms with Crippen LogP contribution in [0.2, 0.25) is 5.02 Å². The first-order valence-electron chi connectivity index (χ1n) is 6.26. The van der Waals surface area contributed by atoms with Gasteiger partial charge in [0.1, 0.15) is 0 Å². The normalized spacial score (nSPS) is 10.8. The molecule has 2 N–H and O–H groups in total. The molecule has 0 amide bonds. The summed E-state index contributed by atoms with van der Waals surface area (Å²) in [6.45, 7) is 0. The summed E-state index contributed by atoms with van der Waals surface area (Å²) in [6, 6.07) is 10.0. The molecule has 7 heteroatoms. The minimum atomic E-state index is -1.08. The molecule has 6 nitrogen and oxygen atoms in total. The van der Waals surface area contributed by atoms with Crippen molar-refractivity contribution in [2.24, 2.45) is 0 Å². The molecule has 1 aromatic heterocycles. The number of rotatable bonds is 2. The third-order valence-electron chi connectivity index (χ3n) is 3.23. The Morgan fingerprint density at radius 3 is 2.41 bits per heavy atom. The molecule has 3 rings (SSSR count). The molecule has 0 spiro atoms. The SMILES string of the molecule is O=C(O)c1ccc(-n2c(=O)[nH]c3cc(Cl)ccc3c2=O)cc1. The molecular formula is C15H9ClN2O4. The van der Waals surface area contributed by atoms with Crippen LogP contribution in [0.25, 0.3) is 16.6 Å². The number of aromatic amines is 1. The van der Waals surface area contributed by atoms with Crippen LogP contribution in [0, 0.1) is 0 Å². The van der Waals surface area contributed by atoms with E-state index in [2.05, 4.69) is 4.98 Å². The third kappa shape index (κ3) is 2.29. The second kappa shape index (κ2) is 5.16. The van der Waals surface area contributed by atoms with Crippen LogP contribution in [-0.4, -0.2) is 20.6 Å². The molecule has 1 heterocycles. The molecule has 0 atom stereocenters. The summed E-state index contributed by atoms with van der Waals surface area (Å²) in [5.74, 6) is -1.08. The van der Waals surface area contributed by atoms with Crippen LogP contribution in [-0.2, 0) is 0 Å². The highest BCUT2D eigenvalue weighted by atomic mass is 35.5. The topological polar surface area (TPSA) is 92.2 Å². The number of carbonyl (C=O) groups is 1. The Labute approximate surface area is 128 Å². The molecule has 0 aliphatic carbocycles. The van der Waals surface area contributed by atoms with Crippen molar-refractivity contribution in [1.29, 1.82) is 0 Å². The lowest BCUT2D eigenvalue weighted by molar-refractivity contribution is 0.0697. The van der Waals surface area contributed by atoms with E-state index in [1.807, 2.05) is 0 Å². The zero-order valence-electron chi connectivity index (χ0n) is 11.0. The number of aromatic nitrogens is 2. The van der Waals surface area contributed by atoms with Gasteiger partial charge in [0.2, 0.25) is 0 Å². The van der Waals surface area contributed by atoms with E-state index in [9.17, 15) is 14.4 Å². The third-order valence-corrected chi connectivity index (χ3v) is 3.47. The van der Waals surface area contributed by atoms with Crippen LogP contribution in [0.1, 0.15) is 10.4 Å². The number of hydrogen-bond donors (Lipinski definition) is 2. The largest absolute Gasteiger partial charge is 0.478 e. The van der Waals surface area contributed by atoms with Crippen molar-refractivity contribution in [2.45, 2.75) is 0 Å². The minimum absolute atomic E-state index is 0.0702. The molecule has 0 fully saturated rings. The lowest BCUT2D eigenvalue weighted by atomic mass is 10.2. The van der Waals surface area contributed by atoms with Gasteiger partial charge in [-0.2, -0.15) is 0 Å². The lowest BCUT2D eigenvalue weighted by Crippen LogP contribution is -2.33. The standard InChI is InChI=1S/C15H9ClN2O4/c16-9-3-6-11-12(7-9)17-15(22)18(13(11)19)10-4-1-8(2-5-10)14(20)21/h1-7H,(H,17,22)(H,20,21). The molecule has 0 aliphatic heterocycles. The fourth-order valence-corrected chi connectivity index (χ4v) is 2.35. The van der Waals surface area contributed by atoms with Crippen molar-refractivity contribution in [3.05, 3.63) is 73.9 Å². The lowest BCUT2D eigenvalue weighted by Gasteiger charge is -2.07. The Hall–Kier alpha value is -2.86. The molecule has 0 saturated carbocycles. The molecule has 3 aromatic rings. The van der Waals surface area contributed by atoms with Gasteiger partial charge in [0.15, 0.2) is 0 Å². The predicted octanol–water partition coefficient (Wildman–Crippen LogP) is 2.03. The van der Waals surface area contributed by atoms with Gasteiger partial charge in [0.25, 0.3) is 5.56 Å². The van der Waals surface area contributed by atoms with Gasteiger partial charge in [0, 0.05) is 5.02 Å². The van der Waals surface area contributed by atoms with Crippen LogP contribution in [0.15, 0.2) is 52.1 Å². The Bertz CT molecular complexity index is 1000. The van der Waals surface area contributed by atoms with Gasteiger partial charge in [0.05, 0.1) is 22.2 Å². The van der Waals surface area contributed by atoms with Crippen LogP contribution in [0.5, 0.6) is 0 Å². The number of carboxylic acids is 1. The maximum atomic E-state index is 12.5. The van der Waals surface area contributed by atoms with Crippen molar-refractivity contribution >= 4 is 28.5 Å². The highest BCUT2D eigenvalue weighted by molar-refractivity contribution is 6.31. The van der Waals surface area contributed by atoms with Crippen molar-refractivity contribution in [1.82, 2.24) is 9.55 Å². The van der Waals surface area contributed by atoms with E-state index < -0.39 is 17.2 Å². The number of carboxylic acid groups (broad SMARTS) is 1. The number of hydrogen-bond acceptors (Lipinski definition) is 3. The van der Waals surface area contributed by atoms with Crippen LogP contribution in [0.4, 0.5) is 0 Å². The Morgan fingerprint density at radius 1 is 1.09 bits per heavy atom. The van der Waals surface area contributed by atoms with Gasteiger partial charge in [-0.1, -0.05) is 11.6 Å². The number of fused-ring (bicyclic) bond motifs is 1. The summed E-state index contributed by atoms with van der Waals surface area (Å²) < 4.78 is 0.946. The van der Waals surface area contributed by atoms with E-state index in [0.29, 0.717) is 15.9 Å². The molecule has 0 bridgehead atoms. The molecule has 0 saturated heterocycles. The molecule has 0 aliphatic rings. The first-order chi connectivity index (χ1) is 10.5. The van der Waals surface area contributed by atoms with E-state index in [4.69, 9.17) is 16.7 Å². The van der Waals surface area contributed by atoms with Crippen molar-refractivity contribution in [3.8, 4) is 5.69 Å². The molecule has 2 aromatic carbocycles. The van der Waals surface area contributed by atoms with Crippen LogP contribution < -0.4 is 11.2 Å². The van der Waals surface area contributed by atoms with E-state index in [1.165, 1.54) is 36.4 Å². The van der Waals surface area contributed by atoms with Gasteiger partial charge in [-0.15, -0.1) is 0 Å². The highest BCUT2D eigenvalue weighted by Gasteiger charge is 2.10. The summed E-state index contributed by atoms with van der Waals surface area (Å²) in [7, 11) is 0. The van der Waals surface area contributed by atoms with Crippen molar-refractivity contribution in [3.63, 3.8) is 0 Å². The number of halogens is 1. The summed E-state index contributed by atoms with van der Waals surface area (Å²) in [5, 5.41) is 9.59. The van der Waals surface area contributed by atoms with Crippen LogP contribution >= 0.6 is 11.6 Å². The summed E-state index contributed by atoms with van der Waals surface area (Å²) in [4.78, 5) is 38.0. The smallest absolute Gasteiger partial charge is 0.335 e. The number of aromatic carboxylic acids is 1. The van der Waals surface area contributed by atoms with E-state index in [-0.39, 0.29) is 11.3 Å². The van der Waals surface area contributed by atoms with Crippen molar-refractivity contribution < 1.29 is 9.90 Å². The number of benzene rings is 2. The fourth-order valence-electron chi connectivity index (χ4n) is 2.18. The predicted molar refractivity (Wildman–Crippen MR) is 82.1 cm³/mol. The quantitative estimate of drug-likeness (QED) is 0.756. The molecule has 0 radical (unpaired) electrons. The maximum Gasteiger partial charge on any atom is 0.335 e. The van der Waals surface area contributed by atoms with Gasteiger partial charge in [-0.3, -0.25) is 4.79 Å². The first-order valence-corrected chi connectivity index (χ1v) is 6.63. The van der Waals surface area contributed by atoms with Crippen molar-refractivity contribution in [2.75, 3.05) is 0 Å². The number of nitrogens with zero attached hydrogens (tertiary/aromatic N) is 1. The van der Waals surface area contributed by atoms with Crippen LogP contribution in [0.3, 0.4) is 0 Å². The van der Waals surface area contributed by atoms with Gasteiger partial charge in [-0.05, 0) is 42.5 Å². The van der Waals surface area contributed by atoms with Gasteiger partial charge >= 0.3 is 11.7 Å². The average Bonchev–Trinajstić information content (AvgIpc) is 2.47. The zero-order valence-corrected chi connectivity index (χ0v) is 11.8. The van der Waals surface area contributed by atoms with Gasteiger partial charge in [-0.25, -0.2) is 14.2 Å². The van der Waals surface area contributed by atoms with Gasteiger partial charge < -0.3 is 10.1 Å². The fraction of sp³-hybridized carbons (Fsp3) is 0. The molecule has 110 valence electrons. The summed E-state index contributed by atoms with van der Waals surface area (Å²) in [6.07, 6.45) is 0. The second-order valence-electron chi connectivity index (χ2n) is 4.61. The summed E-state index contributed by atoms with van der Waals surface area (Å²) >= 11 is 5.84. The maximum absolute atomic E-state index is 12.5. The number of H-pyrrole nitrogens is 1. The number of nitrogens with one attached hydrogen (secondary N) is 1. The average molecular weight is 317 g/mol. The first kappa shape index (κ1) is 14.1. The van der Waals surface area contributed by atoms with E-state index >= 15 is 0 Å².